The van der Waals surface area contributed by atoms with Crippen molar-refractivity contribution >= 4 is 0 Å². The maximum atomic E-state index is 10.4. The van der Waals surface area contributed by atoms with Gasteiger partial charge in [-0.1, -0.05) is 0 Å². The number of hydrogen-bond donors (Lipinski definition) is 2. The van der Waals surface area contributed by atoms with E-state index in [1.807, 2.05) is 12.1 Å². The molecule has 0 saturated carbocycles. The van der Waals surface area contributed by atoms with E-state index in [2.05, 4.69) is 19.2 Å². The number of benzene rings is 1. The summed E-state index contributed by atoms with van der Waals surface area (Å²) in [5.74, 6) is 1.35. The minimum absolute atomic E-state index is 0.147. The summed E-state index contributed by atoms with van der Waals surface area (Å²) in [5.41, 5.74) is 0.625. The molecule has 0 aliphatic carbocycles. The van der Waals surface area contributed by atoms with Crippen molar-refractivity contribution in [3.63, 3.8) is 0 Å². The quantitative estimate of drug-likeness (QED) is 0.809. The number of nitrogens with one attached hydrogen (secondary N) is 1. The zero-order chi connectivity index (χ0) is 16.2. The second-order valence-corrected chi connectivity index (χ2v) is 6.06. The number of rotatable bonds is 7. The standard InChI is InChI=1S/C17H27NO4/c1-12(17(2)6-5-7-22-17)18-11-16(19)13-8-14(20-3)10-15(9-13)21-4/h8-10,12,16,18-19H,5-7,11H2,1-4H3/t12-,16-,17+/m1/s1. The third-order valence-electron chi connectivity index (χ3n) is 4.54. The molecule has 0 amide bonds. The summed E-state index contributed by atoms with van der Waals surface area (Å²) >= 11 is 0. The van der Waals surface area contributed by atoms with Crippen LogP contribution in [0.1, 0.15) is 38.4 Å². The van der Waals surface area contributed by atoms with Crippen LogP contribution < -0.4 is 14.8 Å². The second kappa shape index (κ2) is 7.31. The van der Waals surface area contributed by atoms with Gasteiger partial charge in [-0.05, 0) is 44.4 Å². The Morgan fingerprint density at radius 1 is 1.27 bits per heavy atom. The van der Waals surface area contributed by atoms with Gasteiger partial charge < -0.3 is 24.6 Å². The lowest BCUT2D eigenvalue weighted by Crippen LogP contribution is -2.47. The Morgan fingerprint density at radius 3 is 2.41 bits per heavy atom. The smallest absolute Gasteiger partial charge is 0.122 e. The van der Waals surface area contributed by atoms with Crippen molar-refractivity contribution in [3.8, 4) is 11.5 Å². The molecular weight excluding hydrogens is 282 g/mol. The fraction of sp³-hybridized carbons (Fsp3) is 0.647. The van der Waals surface area contributed by atoms with Crippen LogP contribution in [0.5, 0.6) is 11.5 Å². The molecule has 5 nitrogen and oxygen atoms in total. The average Bonchev–Trinajstić information content (AvgIpc) is 2.99. The molecule has 1 aromatic rings. The summed E-state index contributed by atoms with van der Waals surface area (Å²) in [6.45, 7) is 5.50. The third-order valence-corrected chi connectivity index (χ3v) is 4.54. The van der Waals surface area contributed by atoms with Crippen LogP contribution in [0.2, 0.25) is 0 Å². The first-order valence-electron chi connectivity index (χ1n) is 7.77. The summed E-state index contributed by atoms with van der Waals surface area (Å²) in [4.78, 5) is 0. The van der Waals surface area contributed by atoms with Gasteiger partial charge in [-0.25, -0.2) is 0 Å². The SMILES string of the molecule is COc1cc(OC)cc([C@H](O)CN[C@H](C)[C@]2(C)CCCO2)c1. The van der Waals surface area contributed by atoms with Crippen LogP contribution >= 0.6 is 0 Å². The lowest BCUT2D eigenvalue weighted by Gasteiger charge is -2.32. The zero-order valence-corrected chi connectivity index (χ0v) is 13.9. The Hall–Kier alpha value is -1.30. The molecule has 1 aliphatic rings. The van der Waals surface area contributed by atoms with Crippen molar-refractivity contribution in [3.05, 3.63) is 23.8 Å². The Balaban J connectivity index is 1.98. The highest BCUT2D eigenvalue weighted by atomic mass is 16.5. The van der Waals surface area contributed by atoms with E-state index in [-0.39, 0.29) is 11.6 Å². The minimum Gasteiger partial charge on any atom is -0.497 e. The van der Waals surface area contributed by atoms with Gasteiger partial charge in [0.2, 0.25) is 0 Å². The van der Waals surface area contributed by atoms with Gasteiger partial charge in [-0.2, -0.15) is 0 Å². The molecule has 5 heteroatoms. The summed E-state index contributed by atoms with van der Waals surface area (Å²) in [7, 11) is 3.20. The molecule has 1 fully saturated rings. The van der Waals surface area contributed by atoms with E-state index in [0.29, 0.717) is 18.0 Å². The van der Waals surface area contributed by atoms with E-state index in [4.69, 9.17) is 14.2 Å². The van der Waals surface area contributed by atoms with Crippen molar-refractivity contribution in [1.82, 2.24) is 5.32 Å². The van der Waals surface area contributed by atoms with Crippen molar-refractivity contribution in [2.24, 2.45) is 0 Å². The van der Waals surface area contributed by atoms with Gasteiger partial charge >= 0.3 is 0 Å². The van der Waals surface area contributed by atoms with Gasteiger partial charge in [-0.15, -0.1) is 0 Å². The first-order valence-corrected chi connectivity index (χ1v) is 7.77. The first kappa shape index (κ1) is 17.1. The molecule has 22 heavy (non-hydrogen) atoms. The van der Waals surface area contributed by atoms with Crippen molar-refractivity contribution < 1.29 is 19.3 Å². The average molecular weight is 309 g/mol. The molecule has 1 saturated heterocycles. The Labute approximate surface area is 132 Å². The largest absolute Gasteiger partial charge is 0.497 e. The molecule has 0 spiro atoms. The highest BCUT2D eigenvalue weighted by Gasteiger charge is 2.35. The minimum atomic E-state index is -0.628. The molecular formula is C17H27NO4. The molecule has 124 valence electrons. The van der Waals surface area contributed by atoms with Crippen LogP contribution in [-0.2, 0) is 4.74 Å². The van der Waals surface area contributed by atoms with Gasteiger partial charge in [0, 0.05) is 25.3 Å². The third kappa shape index (κ3) is 3.91. The number of ether oxygens (including phenoxy) is 3. The summed E-state index contributed by atoms with van der Waals surface area (Å²) in [6, 6.07) is 5.62. The maximum Gasteiger partial charge on any atom is 0.122 e. The number of methoxy groups -OCH3 is 2. The molecule has 0 aromatic heterocycles. The predicted octanol–water partition coefficient (Wildman–Crippen LogP) is 2.28. The van der Waals surface area contributed by atoms with E-state index in [1.165, 1.54) is 0 Å². The molecule has 1 aliphatic heterocycles. The second-order valence-electron chi connectivity index (χ2n) is 6.06. The molecule has 1 heterocycles. The maximum absolute atomic E-state index is 10.4. The first-order chi connectivity index (χ1) is 10.5. The monoisotopic (exact) mass is 309 g/mol. The van der Waals surface area contributed by atoms with Crippen molar-refractivity contribution in [2.45, 2.75) is 44.4 Å². The van der Waals surface area contributed by atoms with Crippen LogP contribution in [0.4, 0.5) is 0 Å². The number of hydrogen-bond acceptors (Lipinski definition) is 5. The molecule has 0 radical (unpaired) electrons. The van der Waals surface area contributed by atoms with E-state index >= 15 is 0 Å². The van der Waals surface area contributed by atoms with E-state index < -0.39 is 6.10 Å². The molecule has 0 unspecified atom stereocenters. The van der Waals surface area contributed by atoms with Gasteiger partial charge in [0.05, 0.1) is 25.9 Å². The van der Waals surface area contributed by atoms with Gasteiger partial charge in [-0.3, -0.25) is 0 Å². The van der Waals surface area contributed by atoms with E-state index in [9.17, 15) is 5.11 Å². The van der Waals surface area contributed by atoms with Crippen LogP contribution in [0.3, 0.4) is 0 Å². The lowest BCUT2D eigenvalue weighted by molar-refractivity contribution is -0.00942. The Bertz CT molecular complexity index is 463. The lowest BCUT2D eigenvalue weighted by atomic mass is 9.94. The molecule has 1 aromatic carbocycles. The van der Waals surface area contributed by atoms with Gasteiger partial charge in [0.1, 0.15) is 11.5 Å². The Morgan fingerprint density at radius 2 is 1.91 bits per heavy atom. The highest BCUT2D eigenvalue weighted by molar-refractivity contribution is 5.39. The van der Waals surface area contributed by atoms with Gasteiger partial charge in [0.25, 0.3) is 0 Å². The number of aliphatic hydroxyl groups is 1. The Kier molecular flexibility index (Phi) is 5.67. The van der Waals surface area contributed by atoms with Crippen LogP contribution in [0.25, 0.3) is 0 Å². The van der Waals surface area contributed by atoms with Crippen LogP contribution in [0.15, 0.2) is 18.2 Å². The molecule has 0 bridgehead atoms. The van der Waals surface area contributed by atoms with Crippen molar-refractivity contribution in [1.29, 1.82) is 0 Å². The fourth-order valence-corrected chi connectivity index (χ4v) is 2.79. The highest BCUT2D eigenvalue weighted by Crippen LogP contribution is 2.29. The molecule has 2 N–H and O–H groups in total. The van der Waals surface area contributed by atoms with Crippen molar-refractivity contribution in [2.75, 3.05) is 27.4 Å². The topological polar surface area (TPSA) is 60.0 Å². The number of aliphatic hydroxyl groups excluding tert-OH is 1. The summed E-state index contributed by atoms with van der Waals surface area (Å²) in [6.07, 6.45) is 1.51. The zero-order valence-electron chi connectivity index (χ0n) is 13.9. The summed E-state index contributed by atoms with van der Waals surface area (Å²) < 4.78 is 16.3. The van der Waals surface area contributed by atoms with Crippen LogP contribution in [-0.4, -0.2) is 44.1 Å². The van der Waals surface area contributed by atoms with Crippen LogP contribution in [0, 0.1) is 0 Å². The predicted molar refractivity (Wildman–Crippen MR) is 85.6 cm³/mol. The molecule has 2 rings (SSSR count). The molecule has 3 atom stereocenters. The fourth-order valence-electron chi connectivity index (χ4n) is 2.79. The van der Waals surface area contributed by atoms with E-state index in [1.54, 1.807) is 20.3 Å². The summed E-state index contributed by atoms with van der Waals surface area (Å²) in [5, 5.41) is 13.8. The van der Waals surface area contributed by atoms with E-state index in [0.717, 1.165) is 25.0 Å². The normalized spacial score (nSPS) is 24.0. The van der Waals surface area contributed by atoms with Gasteiger partial charge in [0.15, 0.2) is 0 Å².